The van der Waals surface area contributed by atoms with Crippen LogP contribution in [0.25, 0.3) is 11.5 Å². The molecule has 0 saturated carbocycles. The van der Waals surface area contributed by atoms with Crippen molar-refractivity contribution in [3.05, 3.63) is 98.5 Å². The highest BCUT2D eigenvalue weighted by Crippen LogP contribution is 2.43. The van der Waals surface area contributed by atoms with Crippen molar-refractivity contribution in [1.29, 1.82) is 0 Å². The Balaban J connectivity index is 1.72. The Morgan fingerprint density at radius 1 is 1.06 bits per heavy atom. The third kappa shape index (κ3) is 4.40. The number of ether oxygens (including phenoxy) is 1. The van der Waals surface area contributed by atoms with E-state index < -0.39 is 0 Å². The van der Waals surface area contributed by atoms with E-state index in [9.17, 15) is 13.6 Å². The first-order valence-corrected chi connectivity index (χ1v) is 12.2. The maximum absolute atomic E-state index is 13.8. The van der Waals surface area contributed by atoms with Gasteiger partial charge in [-0.05, 0) is 57.7 Å². The van der Waals surface area contributed by atoms with Crippen LogP contribution in [0.5, 0.6) is 5.75 Å². The number of benzene rings is 2. The molecule has 0 N–H and O–H groups in total. The predicted octanol–water partition coefficient (Wildman–Crippen LogP) is 5.71. The van der Waals surface area contributed by atoms with E-state index in [0.717, 1.165) is 28.6 Å². The Kier molecular flexibility index (Phi) is 6.51. The Labute approximate surface area is 209 Å². The van der Waals surface area contributed by atoms with E-state index in [4.69, 9.17) is 4.74 Å². The van der Waals surface area contributed by atoms with Gasteiger partial charge in [0.25, 0.3) is 0 Å². The summed E-state index contributed by atoms with van der Waals surface area (Å²) in [5.41, 5.74) is 1.84. The molecular weight excluding hydrogens is 518 g/mol. The molecule has 4 aromatic rings. The van der Waals surface area contributed by atoms with Crippen LogP contribution >= 0.6 is 15.9 Å². The summed E-state index contributed by atoms with van der Waals surface area (Å²) in [4.78, 5) is 17.4. The maximum Gasteiger partial charge on any atom is 0.242 e. The molecule has 2 aromatic carbocycles. The number of imidazole rings is 1. The number of nitrogens with zero attached hydrogens (tertiary/aromatic N) is 4. The highest BCUT2D eigenvalue weighted by Gasteiger charge is 2.37. The minimum atomic E-state index is -0.344. The fourth-order valence-electron chi connectivity index (χ4n) is 4.57. The standard InChI is InChI=1S/C26H23BrF2N4O2/c1-2-3-12-35-25-21(34)13-31-33-20(15-32-22(27)14-30-26(32)24(25)33)23(16-4-8-18(28)9-5-16)17-6-10-19(29)11-7-17/h4-11,13-14,20,23H,2-3,12,15H2,1H3/t20-/m1/s1. The van der Waals surface area contributed by atoms with Crippen molar-refractivity contribution in [1.82, 2.24) is 19.3 Å². The number of hydrogen-bond donors (Lipinski definition) is 0. The van der Waals surface area contributed by atoms with E-state index in [2.05, 4.69) is 26.0 Å². The number of fused-ring (bicyclic) bond motifs is 3. The molecule has 1 aliphatic rings. The summed E-state index contributed by atoms with van der Waals surface area (Å²) in [5.74, 6) is -0.237. The van der Waals surface area contributed by atoms with Gasteiger partial charge in [-0.3, -0.25) is 9.48 Å². The second-order valence-electron chi connectivity index (χ2n) is 8.50. The molecule has 0 saturated heterocycles. The second kappa shape index (κ2) is 9.73. The molecule has 0 spiro atoms. The van der Waals surface area contributed by atoms with E-state index in [0.29, 0.717) is 24.7 Å². The first-order valence-electron chi connectivity index (χ1n) is 11.4. The van der Waals surface area contributed by atoms with Gasteiger partial charge in [0.05, 0.1) is 25.0 Å². The summed E-state index contributed by atoms with van der Waals surface area (Å²) in [6.07, 6.45) is 4.67. The summed E-state index contributed by atoms with van der Waals surface area (Å²) < 4.78 is 38.1. The van der Waals surface area contributed by atoms with Crippen molar-refractivity contribution in [3.63, 3.8) is 0 Å². The summed E-state index contributed by atoms with van der Waals surface area (Å²) >= 11 is 3.57. The van der Waals surface area contributed by atoms with Gasteiger partial charge in [-0.25, -0.2) is 13.8 Å². The monoisotopic (exact) mass is 540 g/mol. The lowest BCUT2D eigenvalue weighted by Gasteiger charge is -2.35. The largest absolute Gasteiger partial charge is 0.487 e. The lowest BCUT2D eigenvalue weighted by molar-refractivity contribution is 0.288. The van der Waals surface area contributed by atoms with Crippen molar-refractivity contribution < 1.29 is 13.5 Å². The minimum Gasteiger partial charge on any atom is -0.487 e. The Bertz CT molecular complexity index is 1360. The highest BCUT2D eigenvalue weighted by molar-refractivity contribution is 9.10. The molecule has 0 bridgehead atoms. The average Bonchev–Trinajstić information content (AvgIpc) is 3.23. The van der Waals surface area contributed by atoms with Gasteiger partial charge >= 0.3 is 0 Å². The molecule has 1 aliphatic heterocycles. The van der Waals surface area contributed by atoms with E-state index in [1.54, 1.807) is 35.1 Å². The van der Waals surface area contributed by atoms with Crippen LogP contribution < -0.4 is 10.2 Å². The van der Waals surface area contributed by atoms with E-state index in [1.807, 2.05) is 11.5 Å². The maximum atomic E-state index is 13.8. The van der Waals surface area contributed by atoms with E-state index >= 15 is 0 Å². The SMILES string of the molecule is CCCCOc1c2n(ncc1=O)[C@@H](C(c1ccc(F)cc1)c1ccc(F)cc1)Cn1c(Br)cnc1-2. The van der Waals surface area contributed by atoms with Crippen LogP contribution in [-0.2, 0) is 6.54 Å². The first kappa shape index (κ1) is 23.4. The number of unbranched alkanes of at least 4 members (excludes halogenated alkanes) is 1. The Morgan fingerprint density at radius 3 is 2.29 bits per heavy atom. The number of aromatic nitrogens is 4. The van der Waals surface area contributed by atoms with Crippen molar-refractivity contribution in [2.24, 2.45) is 0 Å². The Hall–Kier alpha value is -3.33. The number of halogens is 3. The van der Waals surface area contributed by atoms with E-state index in [1.165, 1.54) is 30.5 Å². The summed E-state index contributed by atoms with van der Waals surface area (Å²) in [6, 6.07) is 12.2. The molecule has 0 fully saturated rings. The van der Waals surface area contributed by atoms with Crippen LogP contribution in [0.1, 0.15) is 42.9 Å². The van der Waals surface area contributed by atoms with Crippen LogP contribution in [-0.4, -0.2) is 25.9 Å². The van der Waals surface area contributed by atoms with Gasteiger partial charge in [0.1, 0.15) is 21.9 Å². The van der Waals surface area contributed by atoms with Gasteiger partial charge in [0, 0.05) is 12.5 Å². The zero-order valence-corrected chi connectivity index (χ0v) is 20.6. The van der Waals surface area contributed by atoms with Crippen LogP contribution in [0.15, 0.2) is 70.3 Å². The molecular formula is C26H23BrF2N4O2. The highest BCUT2D eigenvalue weighted by atomic mass is 79.9. The lowest BCUT2D eigenvalue weighted by Crippen LogP contribution is -2.33. The fraction of sp³-hybridized carbons (Fsp3) is 0.269. The molecule has 1 atom stereocenters. The van der Waals surface area contributed by atoms with Crippen LogP contribution in [0.4, 0.5) is 8.78 Å². The van der Waals surface area contributed by atoms with Gasteiger partial charge < -0.3 is 9.30 Å². The molecule has 2 aromatic heterocycles. The summed E-state index contributed by atoms with van der Waals surface area (Å²) in [6.45, 7) is 2.91. The molecule has 0 aliphatic carbocycles. The molecule has 0 unspecified atom stereocenters. The molecule has 0 amide bonds. The summed E-state index contributed by atoms with van der Waals surface area (Å²) in [7, 11) is 0. The lowest BCUT2D eigenvalue weighted by atomic mass is 9.84. The normalized spacial score (nSPS) is 14.6. The molecule has 9 heteroatoms. The third-order valence-corrected chi connectivity index (χ3v) is 6.89. The fourth-order valence-corrected chi connectivity index (χ4v) is 4.99. The molecule has 35 heavy (non-hydrogen) atoms. The molecule has 180 valence electrons. The van der Waals surface area contributed by atoms with Crippen molar-refractivity contribution >= 4 is 15.9 Å². The quantitative estimate of drug-likeness (QED) is 0.281. The zero-order chi connectivity index (χ0) is 24.5. The average molecular weight is 541 g/mol. The van der Waals surface area contributed by atoms with Gasteiger partial charge in [-0.2, -0.15) is 5.10 Å². The van der Waals surface area contributed by atoms with Crippen molar-refractivity contribution in [2.45, 2.75) is 38.3 Å². The summed E-state index contributed by atoms with van der Waals surface area (Å²) in [5, 5.41) is 4.51. The van der Waals surface area contributed by atoms with Crippen molar-refractivity contribution in [3.8, 4) is 17.3 Å². The van der Waals surface area contributed by atoms with Gasteiger partial charge in [-0.1, -0.05) is 37.6 Å². The second-order valence-corrected chi connectivity index (χ2v) is 9.31. The van der Waals surface area contributed by atoms with Crippen LogP contribution in [0, 0.1) is 11.6 Å². The number of hydrogen-bond acceptors (Lipinski definition) is 4. The third-order valence-electron chi connectivity index (χ3n) is 6.26. The topological polar surface area (TPSA) is 61.9 Å². The minimum absolute atomic E-state index is 0.203. The molecule has 5 rings (SSSR count). The van der Waals surface area contributed by atoms with Crippen molar-refractivity contribution in [2.75, 3.05) is 6.61 Å². The van der Waals surface area contributed by atoms with Gasteiger partial charge in [0.2, 0.25) is 5.43 Å². The smallest absolute Gasteiger partial charge is 0.242 e. The first-order chi connectivity index (χ1) is 17.0. The van der Waals surface area contributed by atoms with Crippen LogP contribution in [0.3, 0.4) is 0 Å². The molecule has 0 radical (unpaired) electrons. The zero-order valence-electron chi connectivity index (χ0n) is 19.0. The number of rotatable bonds is 7. The Morgan fingerprint density at radius 2 is 1.69 bits per heavy atom. The predicted molar refractivity (Wildman–Crippen MR) is 132 cm³/mol. The molecule has 3 heterocycles. The van der Waals surface area contributed by atoms with E-state index in [-0.39, 0.29) is 34.8 Å². The van der Waals surface area contributed by atoms with Gasteiger partial charge in [0.15, 0.2) is 11.6 Å². The van der Waals surface area contributed by atoms with Gasteiger partial charge in [-0.15, -0.1) is 0 Å². The van der Waals surface area contributed by atoms with Crippen LogP contribution in [0.2, 0.25) is 0 Å². The molecule has 6 nitrogen and oxygen atoms in total.